The van der Waals surface area contributed by atoms with Crippen molar-refractivity contribution in [2.45, 2.75) is 257 Å². The molecule has 2 aromatic carbocycles. The molecule has 3 rings (SSSR count). The highest BCUT2D eigenvalue weighted by molar-refractivity contribution is 7.99. The van der Waals surface area contributed by atoms with Gasteiger partial charge in [0.05, 0.1) is 30.5 Å². The minimum Gasteiger partial charge on any atom is -0.394 e. The van der Waals surface area contributed by atoms with Crippen LogP contribution in [0.15, 0.2) is 60.8 Å². The number of thioether (sulfide) groups is 2. The molecule has 37 nitrogen and oxygen atoms in total. The van der Waals surface area contributed by atoms with Crippen LogP contribution in [0.5, 0.6) is 0 Å². The second-order valence-corrected chi connectivity index (χ2v) is 33.5. The molecule has 0 spiro atoms. The summed E-state index contributed by atoms with van der Waals surface area (Å²) < 4.78 is 0. The lowest BCUT2D eigenvalue weighted by Gasteiger charge is -2.30. The van der Waals surface area contributed by atoms with E-state index in [0.29, 0.717) is 60.7 Å². The molecular formula is C81H134N20O17S2. The number of aliphatic hydroxyl groups excluding tert-OH is 2. The van der Waals surface area contributed by atoms with Gasteiger partial charge in [0.25, 0.3) is 0 Å². The average Bonchev–Trinajstić information content (AvgIpc) is 1.66. The molecule has 1 heterocycles. The first kappa shape index (κ1) is 105. The number of carbonyl (C=O) groups excluding carboxylic acids is 15. The van der Waals surface area contributed by atoms with Crippen LogP contribution in [0, 0.1) is 23.7 Å². The number of hydrogen-bond acceptors (Lipinski definition) is 23. The van der Waals surface area contributed by atoms with E-state index in [2.05, 4.69) is 79.4 Å². The molecule has 0 aliphatic rings. The van der Waals surface area contributed by atoms with Crippen molar-refractivity contribution < 1.29 is 82.1 Å². The molecule has 0 aliphatic heterocycles. The molecular weight excluding hydrogens is 1590 g/mol. The highest BCUT2D eigenvalue weighted by Gasteiger charge is 2.40. The Morgan fingerprint density at radius 3 is 1.22 bits per heavy atom. The summed E-state index contributed by atoms with van der Waals surface area (Å²) >= 11 is 2.33. The number of aliphatic hydroxyl groups is 2. The number of rotatable bonds is 59. The van der Waals surface area contributed by atoms with E-state index < -0.39 is 174 Å². The van der Waals surface area contributed by atoms with Crippen LogP contribution in [-0.4, -0.2) is 238 Å². The zero-order valence-electron chi connectivity index (χ0n) is 71.2. The maximum absolute atomic E-state index is 14.9. The van der Waals surface area contributed by atoms with Crippen molar-refractivity contribution >= 4 is 123 Å². The fourth-order valence-corrected chi connectivity index (χ4v) is 14.4. The number of amides is 15. The first-order chi connectivity index (χ1) is 56.9. The van der Waals surface area contributed by atoms with Gasteiger partial charge < -0.3 is 118 Å². The van der Waals surface area contributed by atoms with Crippen molar-refractivity contribution in [1.82, 2.24) is 79.4 Å². The number of H-pyrrole nitrogens is 1. The molecule has 3 aromatic rings. The smallest absolute Gasteiger partial charge is 0.245 e. The summed E-state index contributed by atoms with van der Waals surface area (Å²) in [6.45, 7) is 17.7. The predicted octanol–water partition coefficient (Wildman–Crippen LogP) is -1.82. The quantitative estimate of drug-likeness (QED) is 0.0219. The topological polar surface area (TPSA) is 611 Å². The van der Waals surface area contributed by atoms with Crippen molar-refractivity contribution in [2.75, 3.05) is 49.5 Å². The largest absolute Gasteiger partial charge is 0.394 e. The number of unbranched alkanes of at least 4 members (excludes halogenated alkanes) is 3. The van der Waals surface area contributed by atoms with E-state index >= 15 is 0 Å². The molecule has 0 fully saturated rings. The molecule has 0 saturated heterocycles. The summed E-state index contributed by atoms with van der Waals surface area (Å²) in [5, 5.41) is 60.2. The van der Waals surface area contributed by atoms with Gasteiger partial charge in [-0.2, -0.15) is 0 Å². The van der Waals surface area contributed by atoms with Gasteiger partial charge in [-0.1, -0.05) is 110 Å². The molecule has 15 atom stereocenters. The van der Waals surface area contributed by atoms with E-state index in [-0.39, 0.29) is 130 Å². The summed E-state index contributed by atoms with van der Waals surface area (Å²) in [7, 11) is 0. The number of benzene rings is 2. The Morgan fingerprint density at radius 2 is 0.775 bits per heavy atom. The second-order valence-electron chi connectivity index (χ2n) is 31.4. The third kappa shape index (κ3) is 38.9. The molecule has 39 heteroatoms. The van der Waals surface area contributed by atoms with Crippen molar-refractivity contribution in [3.63, 3.8) is 0 Å². The molecule has 0 saturated carbocycles. The second kappa shape index (κ2) is 56.2. The van der Waals surface area contributed by atoms with Crippen molar-refractivity contribution in [3.8, 4) is 0 Å². The Labute approximate surface area is 711 Å². The number of primary amides is 1. The third-order valence-corrected chi connectivity index (χ3v) is 21.4. The number of nitrogens with one attached hydrogen (secondary N) is 15. The SMILES string of the molecule is CC[C@H](C)[C@H](NC(=O)[C@H](Cc1c[nH]c2ccccc12)NC(=O)[C@H](CCCCN)NC(=O)[C@H](CO)NC(=O)[C@H](CC(C)C)NC(=O)[C@H](Cc1ccccc1)NC(=O)[C@@H](NC(=O)[C@H](CCCCN)NC(=O)[C@H](CC(C)C)NC(=O)[C@H](CC(C)C)NC(=O)[C@H](CCCCN)NC(=O)[C@@H](N)CSCNC(C)=O)[C@@H](C)O)C(=O)N[C@@H](CSCNC(C)=O)C(N)=O. The van der Waals surface area contributed by atoms with Crippen molar-refractivity contribution in [2.24, 2.45) is 52.3 Å². The van der Waals surface area contributed by atoms with Crippen LogP contribution in [0.3, 0.4) is 0 Å². The number of para-hydroxylation sites is 1. The number of nitrogens with two attached hydrogens (primary N) is 5. The van der Waals surface area contributed by atoms with E-state index in [1.807, 2.05) is 19.9 Å². The van der Waals surface area contributed by atoms with Crippen LogP contribution in [0.2, 0.25) is 0 Å². The number of carbonyl (C=O) groups is 15. The lowest BCUT2D eigenvalue weighted by Crippen LogP contribution is -2.62. The van der Waals surface area contributed by atoms with Crippen LogP contribution in [-0.2, 0) is 84.8 Å². The Hall–Kier alpha value is -9.51. The number of hydrogen-bond donors (Lipinski definition) is 22. The van der Waals surface area contributed by atoms with Gasteiger partial charge in [-0.15, -0.1) is 23.5 Å². The summed E-state index contributed by atoms with van der Waals surface area (Å²) in [5.41, 5.74) is 31.2. The van der Waals surface area contributed by atoms with Crippen LogP contribution in [0.1, 0.15) is 171 Å². The Morgan fingerprint density at radius 1 is 0.417 bits per heavy atom. The molecule has 0 bridgehead atoms. The van der Waals surface area contributed by atoms with Gasteiger partial charge in [0.1, 0.15) is 72.5 Å². The van der Waals surface area contributed by atoms with E-state index in [9.17, 15) is 82.1 Å². The van der Waals surface area contributed by atoms with E-state index in [1.54, 1.807) is 96.3 Å². The Bertz CT molecular complexity index is 3780. The maximum Gasteiger partial charge on any atom is 0.245 e. The van der Waals surface area contributed by atoms with Gasteiger partial charge in [0.15, 0.2) is 0 Å². The highest BCUT2D eigenvalue weighted by Crippen LogP contribution is 2.22. The summed E-state index contributed by atoms with van der Waals surface area (Å²) in [4.78, 5) is 212. The summed E-state index contributed by atoms with van der Waals surface area (Å²) in [6, 6.07) is -2.65. The first-order valence-corrected chi connectivity index (χ1v) is 43.5. The lowest BCUT2D eigenvalue weighted by molar-refractivity contribution is -0.137. The van der Waals surface area contributed by atoms with Gasteiger partial charge in [0, 0.05) is 55.3 Å². The molecule has 672 valence electrons. The highest BCUT2D eigenvalue weighted by atomic mass is 32.2. The summed E-state index contributed by atoms with van der Waals surface area (Å²) in [6.07, 6.45) is 2.24. The van der Waals surface area contributed by atoms with Crippen molar-refractivity contribution in [3.05, 3.63) is 71.9 Å². The normalized spacial score (nSPS) is 15.1. The van der Waals surface area contributed by atoms with Gasteiger partial charge in [0.2, 0.25) is 88.6 Å². The molecule has 27 N–H and O–H groups in total. The van der Waals surface area contributed by atoms with E-state index in [1.165, 1.54) is 32.5 Å². The fraction of sp³-hybridized carbons (Fsp3) is 0.642. The standard InChI is InChI=1S/C81H134N20O17S2/c1-12-48(8)67(80(117)99-66(69(86)106)42-120-44-89-51(11)105)100-78(115)64(38-53-39-87-56-27-17-16-26-54(53)56)96-72(109)58(29-19-22-32-83)92-79(116)65(40-102)98-76(113)62(36-47(6)7)95-77(114)63(37-52-24-14-13-15-25-52)97-81(118)68(49(9)103)101-73(110)59(30-20-23-33-84)91-74(111)60(34-45(2)3)94-75(112)61(35-46(4)5)93-71(108)57(28-18-21-31-82)90-70(107)55(85)41-119-43-88-50(10)104/h13-17,24-27,39,45-49,55,57-68,87,102-103H,12,18-23,28-38,40-44,82-85H2,1-11H3,(H2,86,106)(H,88,104)(H,89,105)(H,90,107)(H,91,111)(H,92,116)(H,93,108)(H,94,112)(H,95,114)(H,96,109)(H,97,118)(H,98,113)(H,99,117)(H,100,115)(H,101,110)/t48-,49+,55-,57-,58-,59-,60-,61-,62-,63-,64-,65-,66-,67-,68-/m0/s1. The van der Waals surface area contributed by atoms with Gasteiger partial charge in [-0.05, 0) is 144 Å². The minimum atomic E-state index is -1.82. The molecule has 0 aliphatic carbocycles. The predicted molar refractivity (Wildman–Crippen MR) is 460 cm³/mol. The fourth-order valence-electron chi connectivity index (χ4n) is 12.6. The molecule has 0 radical (unpaired) electrons. The zero-order valence-corrected chi connectivity index (χ0v) is 72.8. The molecule has 0 unspecified atom stereocenters. The Balaban J connectivity index is 1.97. The maximum atomic E-state index is 14.9. The van der Waals surface area contributed by atoms with Crippen LogP contribution in [0.25, 0.3) is 10.9 Å². The van der Waals surface area contributed by atoms with Gasteiger partial charge in [-0.3, -0.25) is 71.9 Å². The average molecular weight is 1720 g/mol. The third-order valence-electron chi connectivity index (χ3n) is 19.5. The molecule has 1 aromatic heterocycles. The summed E-state index contributed by atoms with van der Waals surface area (Å²) in [5.74, 6) is -12.7. The van der Waals surface area contributed by atoms with E-state index in [4.69, 9.17) is 28.7 Å². The lowest BCUT2D eigenvalue weighted by atomic mass is 9.96. The van der Waals surface area contributed by atoms with E-state index in [0.717, 1.165) is 11.8 Å². The zero-order chi connectivity index (χ0) is 89.7. The van der Waals surface area contributed by atoms with Crippen LogP contribution >= 0.6 is 23.5 Å². The monoisotopic (exact) mass is 1720 g/mol. The van der Waals surface area contributed by atoms with Crippen LogP contribution in [0.4, 0.5) is 0 Å². The molecule has 15 amide bonds. The minimum absolute atomic E-state index is 0.0198. The van der Waals surface area contributed by atoms with Crippen molar-refractivity contribution in [1.29, 1.82) is 0 Å². The van der Waals surface area contributed by atoms with Gasteiger partial charge >= 0.3 is 0 Å². The number of fused-ring (bicyclic) bond motifs is 1. The molecule has 120 heavy (non-hydrogen) atoms. The number of aromatic nitrogens is 1. The van der Waals surface area contributed by atoms with Gasteiger partial charge in [-0.25, -0.2) is 0 Å². The first-order valence-electron chi connectivity index (χ1n) is 41.2. The Kier molecular flexibility index (Phi) is 49.0. The van der Waals surface area contributed by atoms with Crippen LogP contribution < -0.4 is 103 Å². The number of aromatic amines is 1.